The van der Waals surface area contributed by atoms with Gasteiger partial charge in [-0.3, -0.25) is 4.79 Å². The largest absolute Gasteiger partial charge is 0.573 e. The Labute approximate surface area is 246 Å². The van der Waals surface area contributed by atoms with Crippen molar-refractivity contribution in [2.75, 3.05) is 24.5 Å². The molecule has 1 saturated heterocycles. The van der Waals surface area contributed by atoms with Crippen LogP contribution >= 0.6 is 0 Å². The van der Waals surface area contributed by atoms with Crippen LogP contribution in [0.3, 0.4) is 0 Å². The average Bonchev–Trinajstić information content (AvgIpc) is 2.96. The molecule has 1 aliphatic heterocycles. The van der Waals surface area contributed by atoms with Crippen LogP contribution < -0.4 is 15.0 Å². The van der Waals surface area contributed by atoms with Gasteiger partial charge in [0.1, 0.15) is 17.6 Å². The molecule has 230 valence electrons. The lowest BCUT2D eigenvalue weighted by Gasteiger charge is -2.40. The van der Waals surface area contributed by atoms with Crippen molar-refractivity contribution in [3.63, 3.8) is 0 Å². The van der Waals surface area contributed by atoms with Crippen molar-refractivity contribution < 1.29 is 41.0 Å². The van der Waals surface area contributed by atoms with Crippen molar-refractivity contribution in [1.82, 2.24) is 19.6 Å². The number of carboxylic acids is 1. The van der Waals surface area contributed by atoms with Crippen molar-refractivity contribution in [2.45, 2.75) is 50.5 Å². The van der Waals surface area contributed by atoms with Gasteiger partial charge in [0.05, 0.1) is 17.3 Å². The molecule has 2 N–H and O–H groups in total. The molecule has 11 nitrogen and oxygen atoms in total. The molecular weight excluding hydrogens is 591 g/mol. The van der Waals surface area contributed by atoms with Crippen molar-refractivity contribution in [2.24, 2.45) is 0 Å². The molecule has 1 aliphatic rings. The van der Waals surface area contributed by atoms with Crippen LogP contribution in [0.5, 0.6) is 5.75 Å². The maximum atomic E-state index is 13.7. The third-order valence-corrected chi connectivity index (χ3v) is 8.80. The molecule has 0 aliphatic carbocycles. The molecule has 2 aromatic carbocycles. The Morgan fingerprint density at radius 1 is 1.09 bits per heavy atom. The number of benzene rings is 2. The van der Waals surface area contributed by atoms with Crippen molar-refractivity contribution in [3.05, 3.63) is 77.2 Å². The van der Waals surface area contributed by atoms with Gasteiger partial charge in [-0.05, 0) is 54.3 Å². The van der Waals surface area contributed by atoms with Gasteiger partial charge in [-0.1, -0.05) is 31.5 Å². The Bertz CT molecular complexity index is 1570. The number of sulfonamides is 1. The molecule has 15 heteroatoms. The number of amides is 1. The second kappa shape index (κ2) is 13.0. The highest BCUT2D eigenvalue weighted by atomic mass is 32.2. The predicted octanol–water partition coefficient (Wildman–Crippen LogP) is 3.53. The van der Waals surface area contributed by atoms with Crippen LogP contribution in [0.25, 0.3) is 0 Å². The maximum absolute atomic E-state index is 13.7. The van der Waals surface area contributed by atoms with Crippen LogP contribution in [0.2, 0.25) is 0 Å². The molecule has 0 bridgehead atoms. The molecule has 1 amide bonds. The van der Waals surface area contributed by atoms with Crippen LogP contribution in [0.1, 0.15) is 40.5 Å². The van der Waals surface area contributed by atoms with E-state index in [0.717, 1.165) is 64.3 Å². The fraction of sp³-hybridized carbons (Fsp3) is 0.357. The molecule has 43 heavy (non-hydrogen) atoms. The summed E-state index contributed by atoms with van der Waals surface area (Å²) in [6.45, 7) is 3.90. The number of ether oxygens (including phenoxy) is 1. The van der Waals surface area contributed by atoms with Crippen LogP contribution in [0.4, 0.5) is 19.0 Å². The number of hydrogen-bond donors (Lipinski definition) is 2. The topological polar surface area (TPSA) is 142 Å². The van der Waals surface area contributed by atoms with Gasteiger partial charge in [-0.2, -0.15) is 4.31 Å². The minimum Gasteiger partial charge on any atom is -0.476 e. The van der Waals surface area contributed by atoms with Crippen LogP contribution in [0, 0.1) is 6.92 Å². The highest BCUT2D eigenvalue weighted by Gasteiger charge is 2.41. The summed E-state index contributed by atoms with van der Waals surface area (Å²) in [6.07, 6.45) is -0.758. The van der Waals surface area contributed by atoms with E-state index in [1.54, 1.807) is 4.90 Å². The predicted molar refractivity (Wildman–Crippen MR) is 149 cm³/mol. The highest BCUT2D eigenvalue weighted by Crippen LogP contribution is 2.28. The Morgan fingerprint density at radius 2 is 1.81 bits per heavy atom. The van der Waals surface area contributed by atoms with E-state index in [9.17, 15) is 31.2 Å². The summed E-state index contributed by atoms with van der Waals surface area (Å²) in [4.78, 5) is 34.0. The summed E-state index contributed by atoms with van der Waals surface area (Å²) in [5, 5.41) is 11.9. The first-order valence-corrected chi connectivity index (χ1v) is 14.8. The molecule has 0 unspecified atom stereocenters. The number of carboxylic acid groups (broad SMARTS) is 1. The standard InChI is InChI=1S/C28H30F3N5O6S/c1-3-4-19-5-6-20(18(2)13-19)14-34-26(37)24-17-35(25-16-32-23(15-33-25)27(38)39)11-12-36(24)43(40,41)22-9-7-21(8-10-22)42-28(29,30)31/h5-10,13,15-16,24H,3-4,11-12,14,17H2,1-2H3,(H,34,37)(H,38,39)/t24-/m1/s1. The van der Waals surface area contributed by atoms with Gasteiger partial charge in [0.2, 0.25) is 15.9 Å². The molecule has 0 saturated carbocycles. The van der Waals surface area contributed by atoms with E-state index in [1.807, 2.05) is 25.1 Å². The lowest BCUT2D eigenvalue weighted by molar-refractivity contribution is -0.274. The normalized spacial score (nSPS) is 16.1. The van der Waals surface area contributed by atoms with E-state index in [4.69, 9.17) is 5.11 Å². The summed E-state index contributed by atoms with van der Waals surface area (Å²) in [6, 6.07) is 8.40. The van der Waals surface area contributed by atoms with Gasteiger partial charge >= 0.3 is 12.3 Å². The number of aromatic carboxylic acids is 1. The number of alkyl halides is 3. The maximum Gasteiger partial charge on any atom is 0.573 e. The van der Waals surface area contributed by atoms with Gasteiger partial charge < -0.3 is 20.1 Å². The van der Waals surface area contributed by atoms with E-state index in [-0.39, 0.29) is 42.6 Å². The Morgan fingerprint density at radius 3 is 2.40 bits per heavy atom. The number of aryl methyl sites for hydroxylation is 2. The number of carbonyl (C=O) groups excluding carboxylic acids is 1. The number of halogens is 3. The SMILES string of the molecule is CCCc1ccc(CNC(=O)[C@H]2CN(c3cnc(C(=O)O)cn3)CCN2S(=O)(=O)c2ccc(OC(F)(F)F)cc2)c(C)c1. The molecule has 1 atom stereocenters. The lowest BCUT2D eigenvalue weighted by atomic mass is 10.0. The lowest BCUT2D eigenvalue weighted by Crippen LogP contribution is -2.60. The number of anilines is 1. The smallest absolute Gasteiger partial charge is 0.476 e. The van der Waals surface area contributed by atoms with Gasteiger partial charge in [0.15, 0.2) is 5.69 Å². The summed E-state index contributed by atoms with van der Waals surface area (Å²) in [5.41, 5.74) is 2.70. The Kier molecular flexibility index (Phi) is 9.55. The van der Waals surface area contributed by atoms with Gasteiger partial charge in [0, 0.05) is 26.2 Å². The zero-order valence-corrected chi connectivity index (χ0v) is 24.2. The molecule has 4 rings (SSSR count). The molecular formula is C28H30F3N5O6S. The third-order valence-electron chi connectivity index (χ3n) is 6.88. The first-order valence-electron chi connectivity index (χ1n) is 13.3. The van der Waals surface area contributed by atoms with Crippen LogP contribution in [0.15, 0.2) is 59.8 Å². The summed E-state index contributed by atoms with van der Waals surface area (Å²) >= 11 is 0. The van der Waals surface area contributed by atoms with Crippen molar-refractivity contribution in [1.29, 1.82) is 0 Å². The second-order valence-electron chi connectivity index (χ2n) is 9.89. The number of rotatable bonds is 10. The van der Waals surface area contributed by atoms with Crippen LogP contribution in [-0.2, 0) is 27.8 Å². The summed E-state index contributed by atoms with van der Waals surface area (Å²) in [7, 11) is -4.35. The molecule has 3 aromatic rings. The number of nitrogens with one attached hydrogen (secondary N) is 1. The van der Waals surface area contributed by atoms with Gasteiger partial charge in [0.25, 0.3) is 0 Å². The molecule has 1 aromatic heterocycles. The average molecular weight is 622 g/mol. The minimum atomic E-state index is -4.94. The zero-order valence-electron chi connectivity index (χ0n) is 23.3. The van der Waals surface area contributed by atoms with E-state index in [2.05, 4.69) is 26.9 Å². The first kappa shape index (κ1) is 31.7. The second-order valence-corrected chi connectivity index (χ2v) is 11.8. The minimum absolute atomic E-state index is 0.0807. The number of hydrogen-bond acceptors (Lipinski definition) is 8. The molecule has 2 heterocycles. The summed E-state index contributed by atoms with van der Waals surface area (Å²) < 4.78 is 69.9. The number of piperazine rings is 1. The number of aromatic nitrogens is 2. The third kappa shape index (κ3) is 7.78. The first-order chi connectivity index (χ1) is 20.3. The molecule has 0 radical (unpaired) electrons. The van der Waals surface area contributed by atoms with Gasteiger partial charge in [-0.25, -0.2) is 23.2 Å². The molecule has 0 spiro atoms. The van der Waals surface area contributed by atoms with E-state index < -0.39 is 40.1 Å². The van der Waals surface area contributed by atoms with Crippen molar-refractivity contribution >= 4 is 27.7 Å². The van der Waals surface area contributed by atoms with Gasteiger partial charge in [-0.15, -0.1) is 13.2 Å². The van der Waals surface area contributed by atoms with E-state index in [0.29, 0.717) is 0 Å². The Hall–Kier alpha value is -4.24. The number of nitrogens with zero attached hydrogens (tertiary/aromatic N) is 4. The molecule has 1 fully saturated rings. The zero-order chi connectivity index (χ0) is 31.4. The Balaban J connectivity index is 1.59. The van der Waals surface area contributed by atoms with Crippen molar-refractivity contribution in [3.8, 4) is 5.75 Å². The van der Waals surface area contributed by atoms with E-state index in [1.165, 1.54) is 6.20 Å². The highest BCUT2D eigenvalue weighted by molar-refractivity contribution is 7.89. The van der Waals surface area contributed by atoms with E-state index >= 15 is 0 Å². The van der Waals surface area contributed by atoms with Crippen LogP contribution in [-0.4, -0.2) is 71.7 Å². The monoisotopic (exact) mass is 621 g/mol. The summed E-state index contributed by atoms with van der Waals surface area (Å²) in [5.74, 6) is -2.21. The quantitative estimate of drug-likeness (QED) is 0.348. The fourth-order valence-electron chi connectivity index (χ4n) is 4.72. The fourth-order valence-corrected chi connectivity index (χ4v) is 6.29. The number of carbonyl (C=O) groups is 2.